The number of hydrogen-bond acceptors (Lipinski definition) is 4. The molecule has 1 aromatic rings. The highest BCUT2D eigenvalue weighted by atomic mass is 32.2. The molecule has 1 unspecified atom stereocenters. The average Bonchev–Trinajstić information content (AvgIpc) is 2.64. The minimum Gasteiger partial charge on any atom is -0.256 e. The van der Waals surface area contributed by atoms with Crippen molar-refractivity contribution in [1.29, 1.82) is 5.26 Å². The molecular weight excluding hydrogens is 228 g/mol. The lowest BCUT2D eigenvalue weighted by atomic mass is 10.2. The third-order valence-corrected chi connectivity index (χ3v) is 3.63. The van der Waals surface area contributed by atoms with Crippen LogP contribution in [0, 0.1) is 11.3 Å². The van der Waals surface area contributed by atoms with E-state index in [1.54, 1.807) is 0 Å². The van der Waals surface area contributed by atoms with Crippen LogP contribution < -0.4 is 4.72 Å². The van der Waals surface area contributed by atoms with Gasteiger partial charge in [-0.3, -0.25) is 4.68 Å². The van der Waals surface area contributed by atoms with Crippen LogP contribution in [0.5, 0.6) is 0 Å². The van der Waals surface area contributed by atoms with E-state index in [9.17, 15) is 8.42 Å². The van der Waals surface area contributed by atoms with E-state index in [-0.39, 0.29) is 5.03 Å². The number of nitriles is 1. The molecule has 0 aromatic carbocycles. The van der Waals surface area contributed by atoms with Crippen molar-refractivity contribution >= 4 is 10.0 Å². The van der Waals surface area contributed by atoms with Gasteiger partial charge in [-0.25, -0.2) is 8.42 Å². The second-order valence-corrected chi connectivity index (χ2v) is 5.05. The first-order valence-corrected chi connectivity index (χ1v) is 6.39. The second kappa shape index (κ2) is 5.09. The molecule has 6 nitrogen and oxygen atoms in total. The molecule has 0 spiro atoms. The van der Waals surface area contributed by atoms with Crippen molar-refractivity contribution in [3.63, 3.8) is 0 Å². The number of nitrogens with zero attached hydrogens (tertiary/aromatic N) is 3. The SMILES string of the molecule is CCCC(C#N)NS(=O)(=O)c1ccnn1C. The summed E-state index contributed by atoms with van der Waals surface area (Å²) >= 11 is 0. The summed E-state index contributed by atoms with van der Waals surface area (Å²) in [6, 6.07) is 2.62. The van der Waals surface area contributed by atoms with Crippen molar-refractivity contribution in [3.05, 3.63) is 12.3 Å². The van der Waals surface area contributed by atoms with Gasteiger partial charge in [-0.2, -0.15) is 15.1 Å². The fraction of sp³-hybridized carbons (Fsp3) is 0.556. The molecule has 0 aliphatic carbocycles. The average molecular weight is 242 g/mol. The zero-order valence-corrected chi connectivity index (χ0v) is 10.0. The highest BCUT2D eigenvalue weighted by Crippen LogP contribution is 2.08. The van der Waals surface area contributed by atoms with Gasteiger partial charge in [0.15, 0.2) is 5.03 Å². The summed E-state index contributed by atoms with van der Waals surface area (Å²) in [5, 5.41) is 12.6. The van der Waals surface area contributed by atoms with Crippen LogP contribution >= 0.6 is 0 Å². The van der Waals surface area contributed by atoms with E-state index in [0.717, 1.165) is 6.42 Å². The second-order valence-electron chi connectivity index (χ2n) is 3.38. The standard InChI is InChI=1S/C9H14N4O2S/c1-3-4-8(7-10)12-16(14,15)9-5-6-11-13(9)2/h5-6,8,12H,3-4H2,1-2H3. The number of nitrogens with one attached hydrogen (secondary N) is 1. The van der Waals surface area contributed by atoms with Gasteiger partial charge >= 0.3 is 0 Å². The van der Waals surface area contributed by atoms with Gasteiger partial charge in [-0.1, -0.05) is 13.3 Å². The van der Waals surface area contributed by atoms with E-state index in [1.807, 2.05) is 13.0 Å². The molecule has 0 radical (unpaired) electrons. The van der Waals surface area contributed by atoms with Gasteiger partial charge in [0.1, 0.15) is 6.04 Å². The third kappa shape index (κ3) is 2.81. The molecule has 0 amide bonds. The Morgan fingerprint density at radius 1 is 1.69 bits per heavy atom. The number of aryl methyl sites for hydroxylation is 1. The lowest BCUT2D eigenvalue weighted by Gasteiger charge is -2.10. The Morgan fingerprint density at radius 2 is 2.38 bits per heavy atom. The first-order valence-electron chi connectivity index (χ1n) is 4.91. The Labute approximate surface area is 94.9 Å². The molecule has 1 N–H and O–H groups in total. The normalized spacial score (nSPS) is 13.3. The Morgan fingerprint density at radius 3 is 2.81 bits per heavy atom. The maximum Gasteiger partial charge on any atom is 0.258 e. The molecule has 16 heavy (non-hydrogen) atoms. The van der Waals surface area contributed by atoms with Crippen molar-refractivity contribution in [2.75, 3.05) is 0 Å². The van der Waals surface area contributed by atoms with Crippen molar-refractivity contribution < 1.29 is 8.42 Å². The lowest BCUT2D eigenvalue weighted by molar-refractivity contribution is 0.547. The fourth-order valence-corrected chi connectivity index (χ4v) is 2.61. The summed E-state index contributed by atoms with van der Waals surface area (Å²) in [4.78, 5) is 0. The molecule has 1 rings (SSSR count). The summed E-state index contributed by atoms with van der Waals surface area (Å²) in [6.45, 7) is 1.89. The summed E-state index contributed by atoms with van der Waals surface area (Å²) in [5.74, 6) is 0. The van der Waals surface area contributed by atoms with Crippen molar-refractivity contribution in [2.24, 2.45) is 7.05 Å². The van der Waals surface area contributed by atoms with E-state index >= 15 is 0 Å². The van der Waals surface area contributed by atoms with Crippen LogP contribution in [-0.4, -0.2) is 24.2 Å². The lowest BCUT2D eigenvalue weighted by Crippen LogP contribution is -2.34. The first kappa shape index (κ1) is 12.7. The van der Waals surface area contributed by atoms with E-state index in [2.05, 4.69) is 9.82 Å². The predicted octanol–water partition coefficient (Wildman–Crippen LogP) is 0.391. The number of rotatable bonds is 5. The molecule has 1 atom stereocenters. The maximum atomic E-state index is 11.8. The predicted molar refractivity (Wildman–Crippen MR) is 57.8 cm³/mol. The summed E-state index contributed by atoms with van der Waals surface area (Å²) in [6.07, 6.45) is 2.63. The first-order chi connectivity index (χ1) is 7.51. The van der Waals surface area contributed by atoms with Gasteiger partial charge in [0.25, 0.3) is 10.0 Å². The van der Waals surface area contributed by atoms with Crippen LogP contribution in [0.15, 0.2) is 17.3 Å². The van der Waals surface area contributed by atoms with Crippen molar-refractivity contribution in [3.8, 4) is 6.07 Å². The van der Waals surface area contributed by atoms with E-state index in [4.69, 9.17) is 5.26 Å². The Kier molecular flexibility index (Phi) is 4.04. The molecule has 0 saturated carbocycles. The molecule has 0 fully saturated rings. The Hall–Kier alpha value is -1.39. The zero-order valence-electron chi connectivity index (χ0n) is 9.21. The molecule has 0 aliphatic rings. The van der Waals surface area contributed by atoms with Gasteiger partial charge in [0.2, 0.25) is 0 Å². The molecule has 1 heterocycles. The van der Waals surface area contributed by atoms with Crippen molar-refractivity contribution in [2.45, 2.75) is 30.8 Å². The largest absolute Gasteiger partial charge is 0.258 e. The van der Waals surface area contributed by atoms with Crippen LogP contribution in [-0.2, 0) is 17.1 Å². The van der Waals surface area contributed by atoms with Gasteiger partial charge in [-0.05, 0) is 12.5 Å². The van der Waals surface area contributed by atoms with Crippen LogP contribution in [0.25, 0.3) is 0 Å². The Balaban J connectivity index is 2.89. The van der Waals surface area contributed by atoms with Gasteiger partial charge in [-0.15, -0.1) is 0 Å². The summed E-state index contributed by atoms with van der Waals surface area (Å²) in [5.41, 5.74) is 0. The van der Waals surface area contributed by atoms with Gasteiger partial charge in [0, 0.05) is 7.05 Å². The van der Waals surface area contributed by atoms with Crippen LogP contribution in [0.1, 0.15) is 19.8 Å². The highest BCUT2D eigenvalue weighted by Gasteiger charge is 2.21. The van der Waals surface area contributed by atoms with Crippen LogP contribution in [0.2, 0.25) is 0 Å². The van der Waals surface area contributed by atoms with Gasteiger partial charge < -0.3 is 0 Å². The molecule has 0 bridgehead atoms. The molecule has 7 heteroatoms. The maximum absolute atomic E-state index is 11.8. The van der Waals surface area contributed by atoms with Crippen LogP contribution in [0.3, 0.4) is 0 Å². The van der Waals surface area contributed by atoms with E-state index < -0.39 is 16.1 Å². The van der Waals surface area contributed by atoms with E-state index in [1.165, 1.54) is 24.0 Å². The van der Waals surface area contributed by atoms with Gasteiger partial charge in [0.05, 0.1) is 12.3 Å². The van der Waals surface area contributed by atoms with E-state index in [0.29, 0.717) is 6.42 Å². The molecular formula is C9H14N4O2S. The number of aromatic nitrogens is 2. The molecule has 88 valence electrons. The molecule has 0 saturated heterocycles. The smallest absolute Gasteiger partial charge is 0.256 e. The third-order valence-electron chi connectivity index (χ3n) is 2.08. The molecule has 0 aliphatic heterocycles. The minimum atomic E-state index is -3.65. The van der Waals surface area contributed by atoms with Crippen molar-refractivity contribution in [1.82, 2.24) is 14.5 Å². The highest BCUT2D eigenvalue weighted by molar-refractivity contribution is 7.89. The monoisotopic (exact) mass is 242 g/mol. The molecule has 1 aromatic heterocycles. The minimum absolute atomic E-state index is 0.0591. The zero-order chi connectivity index (χ0) is 12.2. The summed E-state index contributed by atoms with van der Waals surface area (Å²) in [7, 11) is -2.12. The quantitative estimate of drug-likeness (QED) is 0.809. The topological polar surface area (TPSA) is 87.8 Å². The van der Waals surface area contributed by atoms with Crippen LogP contribution in [0.4, 0.5) is 0 Å². The number of hydrogen-bond donors (Lipinski definition) is 1. The fourth-order valence-electron chi connectivity index (χ4n) is 1.31. The summed E-state index contributed by atoms with van der Waals surface area (Å²) < 4.78 is 27.3. The Bertz CT molecular complexity index is 486. The number of sulfonamides is 1.